The number of carbonyl (C=O) groups is 2. The first-order valence-corrected chi connectivity index (χ1v) is 27.3. The lowest BCUT2D eigenvalue weighted by Gasteiger charge is -2.41. The van der Waals surface area contributed by atoms with Crippen LogP contribution in [0.15, 0.2) is 36.5 Å². The normalized spacial score (nSPS) is 21.7. The van der Waals surface area contributed by atoms with Gasteiger partial charge in [0.15, 0.2) is 6.10 Å². The number of ether oxygens (including phenoxy) is 2. The van der Waals surface area contributed by atoms with E-state index in [-0.39, 0.29) is 12.8 Å². The standard InChI is InChI=1S/C51H93O13P/c1-3-5-7-9-11-13-15-17-18-19-20-21-22-23-24-25-26-28-29-31-33-35-37-39-44(52)61-41-43(42-62-65(59,60)64-51-49(57)47(55)46(54)48(56)50(51)58)63-45(53)40-38-36-34-32-30-27-16-14-12-10-8-6-4-2/h6,8,12,14,27,30,43,46-51,54-58H,3-5,7,9-11,13,15-26,28-29,31-42H2,1-2H3,(H,59,60)/b8-6-,14-12-,30-27-. The highest BCUT2D eigenvalue weighted by molar-refractivity contribution is 7.47. The number of unbranched alkanes of at least 4 members (excludes halogenated alkanes) is 25. The summed E-state index contributed by atoms with van der Waals surface area (Å²) in [7, 11) is -5.13. The van der Waals surface area contributed by atoms with E-state index in [4.69, 9.17) is 18.5 Å². The molecule has 0 aliphatic heterocycles. The minimum atomic E-state index is -5.13. The summed E-state index contributed by atoms with van der Waals surface area (Å²) < 4.78 is 33.6. The van der Waals surface area contributed by atoms with Crippen LogP contribution in [0.2, 0.25) is 0 Å². The Labute approximate surface area is 393 Å². The lowest BCUT2D eigenvalue weighted by Crippen LogP contribution is -2.64. The third-order valence-corrected chi connectivity index (χ3v) is 13.0. The van der Waals surface area contributed by atoms with Crippen LogP contribution in [0.25, 0.3) is 0 Å². The van der Waals surface area contributed by atoms with Crippen molar-refractivity contribution in [2.45, 2.75) is 262 Å². The first kappa shape index (κ1) is 61.1. The lowest BCUT2D eigenvalue weighted by molar-refractivity contribution is -0.220. The van der Waals surface area contributed by atoms with E-state index in [1.807, 2.05) is 0 Å². The topological polar surface area (TPSA) is 210 Å². The van der Waals surface area contributed by atoms with Crippen molar-refractivity contribution < 1.29 is 63.1 Å². The minimum Gasteiger partial charge on any atom is -0.462 e. The molecule has 380 valence electrons. The van der Waals surface area contributed by atoms with Crippen LogP contribution in [0.1, 0.15) is 219 Å². The molecule has 0 saturated heterocycles. The fraction of sp³-hybridized carbons (Fsp3) is 0.843. The number of hydrogen-bond donors (Lipinski definition) is 6. The van der Waals surface area contributed by atoms with Gasteiger partial charge in [0, 0.05) is 12.8 Å². The molecule has 0 radical (unpaired) electrons. The number of phosphoric acid groups is 1. The molecule has 1 saturated carbocycles. The predicted octanol–water partition coefficient (Wildman–Crippen LogP) is 11.0. The second kappa shape index (κ2) is 41.1. The average Bonchev–Trinajstić information content (AvgIpc) is 3.29. The van der Waals surface area contributed by atoms with Gasteiger partial charge in [-0.25, -0.2) is 4.57 Å². The van der Waals surface area contributed by atoms with Gasteiger partial charge in [0.25, 0.3) is 0 Å². The highest BCUT2D eigenvalue weighted by Gasteiger charge is 2.51. The van der Waals surface area contributed by atoms with E-state index in [2.05, 4.69) is 50.3 Å². The van der Waals surface area contributed by atoms with Crippen LogP contribution in [-0.2, 0) is 32.7 Å². The Kier molecular flexibility index (Phi) is 38.6. The van der Waals surface area contributed by atoms with Crippen molar-refractivity contribution in [2.75, 3.05) is 13.2 Å². The number of carbonyl (C=O) groups excluding carboxylic acids is 2. The molecule has 6 unspecified atom stereocenters. The fourth-order valence-electron chi connectivity index (χ4n) is 7.89. The lowest BCUT2D eigenvalue weighted by atomic mass is 9.85. The maximum atomic E-state index is 12.8. The molecule has 14 heteroatoms. The Morgan fingerprint density at radius 1 is 0.492 bits per heavy atom. The van der Waals surface area contributed by atoms with Gasteiger partial charge in [-0.15, -0.1) is 0 Å². The summed E-state index contributed by atoms with van der Waals surface area (Å²) in [6.45, 7) is 3.19. The van der Waals surface area contributed by atoms with Crippen molar-refractivity contribution in [3.63, 3.8) is 0 Å². The molecule has 0 heterocycles. The summed E-state index contributed by atoms with van der Waals surface area (Å²) in [5.74, 6) is -1.13. The summed E-state index contributed by atoms with van der Waals surface area (Å²) in [6.07, 6.45) is 35.0. The summed E-state index contributed by atoms with van der Waals surface area (Å²) in [6, 6.07) is 0. The predicted molar refractivity (Wildman–Crippen MR) is 258 cm³/mol. The van der Waals surface area contributed by atoms with Crippen molar-refractivity contribution in [1.29, 1.82) is 0 Å². The molecule has 0 aromatic heterocycles. The first-order chi connectivity index (χ1) is 31.4. The molecule has 0 aromatic rings. The van der Waals surface area contributed by atoms with Gasteiger partial charge in [-0.2, -0.15) is 0 Å². The van der Waals surface area contributed by atoms with Gasteiger partial charge in [-0.3, -0.25) is 18.6 Å². The Hall–Kier alpha value is -1.93. The maximum Gasteiger partial charge on any atom is 0.472 e. The van der Waals surface area contributed by atoms with Gasteiger partial charge in [-0.05, 0) is 44.9 Å². The summed E-state index contributed by atoms with van der Waals surface area (Å²) in [5.41, 5.74) is 0. The number of allylic oxidation sites excluding steroid dienone is 6. The number of aliphatic hydroxyl groups excluding tert-OH is 5. The van der Waals surface area contributed by atoms with Crippen LogP contribution >= 0.6 is 7.82 Å². The van der Waals surface area contributed by atoms with Crippen molar-refractivity contribution >= 4 is 19.8 Å². The molecule has 1 aliphatic carbocycles. The largest absolute Gasteiger partial charge is 0.472 e. The van der Waals surface area contributed by atoms with E-state index < -0.39 is 75.7 Å². The minimum absolute atomic E-state index is 0.0630. The van der Waals surface area contributed by atoms with Crippen LogP contribution in [0.5, 0.6) is 0 Å². The maximum absolute atomic E-state index is 12.8. The van der Waals surface area contributed by atoms with Crippen molar-refractivity contribution in [3.8, 4) is 0 Å². The first-order valence-electron chi connectivity index (χ1n) is 25.8. The molecular weight excluding hydrogens is 852 g/mol. The van der Waals surface area contributed by atoms with E-state index in [0.717, 1.165) is 57.8 Å². The molecule has 0 amide bonds. The SMILES string of the molecule is CC/C=C\C/C=C\C/C=C\CCCCCC(=O)OC(COC(=O)CCCCCCCCCCCCCCCCCCCCCCCCC)COP(=O)(O)OC1C(O)C(O)C(O)C(O)C1O. The molecule has 0 spiro atoms. The Morgan fingerprint density at radius 2 is 0.877 bits per heavy atom. The van der Waals surface area contributed by atoms with Gasteiger partial charge >= 0.3 is 19.8 Å². The van der Waals surface area contributed by atoms with Crippen LogP contribution in [0.4, 0.5) is 0 Å². The van der Waals surface area contributed by atoms with Crippen LogP contribution < -0.4 is 0 Å². The number of phosphoric ester groups is 1. The van der Waals surface area contributed by atoms with Gasteiger partial charge in [0.05, 0.1) is 6.61 Å². The molecule has 1 aliphatic rings. The zero-order chi connectivity index (χ0) is 47.8. The highest BCUT2D eigenvalue weighted by Crippen LogP contribution is 2.47. The molecule has 13 nitrogen and oxygen atoms in total. The van der Waals surface area contributed by atoms with Gasteiger partial charge in [0.2, 0.25) is 0 Å². The quantitative estimate of drug-likeness (QED) is 0.0146. The zero-order valence-electron chi connectivity index (χ0n) is 40.5. The smallest absolute Gasteiger partial charge is 0.462 e. The summed E-state index contributed by atoms with van der Waals surface area (Å²) in [5, 5.41) is 50.2. The zero-order valence-corrected chi connectivity index (χ0v) is 41.4. The number of rotatable bonds is 43. The molecule has 0 aromatic carbocycles. The van der Waals surface area contributed by atoms with E-state index in [0.29, 0.717) is 12.8 Å². The number of hydrogen-bond acceptors (Lipinski definition) is 12. The van der Waals surface area contributed by atoms with Crippen LogP contribution in [0, 0.1) is 0 Å². The Bertz CT molecular complexity index is 1280. The van der Waals surface area contributed by atoms with Gasteiger partial charge in [-0.1, -0.05) is 198 Å². The van der Waals surface area contributed by atoms with E-state index in [9.17, 15) is 44.6 Å². The number of aliphatic hydroxyl groups is 5. The number of esters is 2. The Balaban J connectivity index is 2.34. The summed E-state index contributed by atoms with van der Waals surface area (Å²) in [4.78, 5) is 35.8. The van der Waals surface area contributed by atoms with Crippen LogP contribution in [0.3, 0.4) is 0 Å². The summed E-state index contributed by atoms with van der Waals surface area (Å²) >= 11 is 0. The molecule has 1 fully saturated rings. The third kappa shape index (κ3) is 33.3. The monoisotopic (exact) mass is 945 g/mol. The molecule has 0 bridgehead atoms. The molecular formula is C51H93O13P. The van der Waals surface area contributed by atoms with Gasteiger partial charge < -0.3 is 39.9 Å². The van der Waals surface area contributed by atoms with Crippen molar-refractivity contribution in [3.05, 3.63) is 36.5 Å². The fourth-order valence-corrected chi connectivity index (χ4v) is 8.86. The van der Waals surface area contributed by atoms with E-state index in [1.54, 1.807) is 0 Å². The molecule has 65 heavy (non-hydrogen) atoms. The second-order valence-electron chi connectivity index (χ2n) is 18.0. The molecule has 6 atom stereocenters. The Morgan fingerprint density at radius 3 is 1.34 bits per heavy atom. The third-order valence-electron chi connectivity index (χ3n) is 12.0. The van der Waals surface area contributed by atoms with E-state index >= 15 is 0 Å². The van der Waals surface area contributed by atoms with Crippen molar-refractivity contribution in [1.82, 2.24) is 0 Å². The van der Waals surface area contributed by atoms with Gasteiger partial charge in [0.1, 0.15) is 43.2 Å². The molecule has 6 N–H and O–H groups in total. The van der Waals surface area contributed by atoms with Crippen LogP contribution in [-0.4, -0.2) is 98.3 Å². The average molecular weight is 945 g/mol. The highest BCUT2D eigenvalue weighted by atomic mass is 31.2. The second-order valence-corrected chi connectivity index (χ2v) is 19.4. The molecule has 1 rings (SSSR count). The van der Waals surface area contributed by atoms with E-state index in [1.165, 1.54) is 122 Å². The van der Waals surface area contributed by atoms with Crippen molar-refractivity contribution in [2.24, 2.45) is 0 Å².